The molecule has 3 atom stereocenters. The Morgan fingerprint density at radius 2 is 2.05 bits per heavy atom. The number of aromatic nitrogens is 4. The SMILES string of the molecule is CCC1CCC(CNC2CC2)C(Cc2nnn(C)n2)C1. The number of nitrogens with zero attached hydrogens (tertiary/aromatic N) is 4. The molecular formula is C15H27N5. The van der Waals surface area contributed by atoms with Gasteiger partial charge in [-0.25, -0.2) is 0 Å². The molecule has 1 N–H and O–H groups in total. The van der Waals surface area contributed by atoms with Gasteiger partial charge in [-0.15, -0.1) is 10.2 Å². The summed E-state index contributed by atoms with van der Waals surface area (Å²) in [5, 5.41) is 16.2. The quantitative estimate of drug-likeness (QED) is 0.863. The van der Waals surface area contributed by atoms with Crippen molar-refractivity contribution >= 4 is 0 Å². The number of tetrazole rings is 1. The number of nitrogens with one attached hydrogen (secondary N) is 1. The number of hydrogen-bond donors (Lipinski definition) is 1. The molecule has 2 fully saturated rings. The highest BCUT2D eigenvalue weighted by molar-refractivity contribution is 4.90. The summed E-state index contributed by atoms with van der Waals surface area (Å²) in [5.41, 5.74) is 0. The van der Waals surface area contributed by atoms with Crippen molar-refractivity contribution in [3.8, 4) is 0 Å². The molecule has 3 rings (SSSR count). The van der Waals surface area contributed by atoms with Crippen molar-refractivity contribution in [2.75, 3.05) is 6.54 Å². The van der Waals surface area contributed by atoms with Gasteiger partial charge in [-0.05, 0) is 55.2 Å². The predicted molar refractivity (Wildman–Crippen MR) is 78.1 cm³/mol. The van der Waals surface area contributed by atoms with Crippen molar-refractivity contribution in [1.82, 2.24) is 25.5 Å². The van der Waals surface area contributed by atoms with Crippen molar-refractivity contribution < 1.29 is 0 Å². The lowest BCUT2D eigenvalue weighted by Gasteiger charge is -2.35. The third-order valence-corrected chi connectivity index (χ3v) is 5.07. The van der Waals surface area contributed by atoms with Gasteiger partial charge >= 0.3 is 0 Å². The van der Waals surface area contributed by atoms with Gasteiger partial charge in [0.15, 0.2) is 5.82 Å². The largest absolute Gasteiger partial charge is 0.314 e. The summed E-state index contributed by atoms with van der Waals surface area (Å²) in [6.07, 6.45) is 9.17. The molecule has 0 aromatic carbocycles. The minimum Gasteiger partial charge on any atom is -0.314 e. The Balaban J connectivity index is 1.60. The number of aryl methyl sites for hydroxylation is 1. The highest BCUT2D eigenvalue weighted by atomic mass is 15.6. The van der Waals surface area contributed by atoms with Gasteiger partial charge in [0.05, 0.1) is 7.05 Å². The van der Waals surface area contributed by atoms with E-state index in [2.05, 4.69) is 27.7 Å². The highest BCUT2D eigenvalue weighted by Crippen LogP contribution is 2.37. The molecule has 2 aliphatic carbocycles. The van der Waals surface area contributed by atoms with E-state index >= 15 is 0 Å². The summed E-state index contributed by atoms with van der Waals surface area (Å²) in [4.78, 5) is 1.58. The van der Waals surface area contributed by atoms with Crippen LogP contribution in [0.1, 0.15) is 51.3 Å². The molecule has 5 nitrogen and oxygen atoms in total. The lowest BCUT2D eigenvalue weighted by Crippen LogP contribution is -2.35. The fraction of sp³-hybridized carbons (Fsp3) is 0.933. The summed E-state index contributed by atoms with van der Waals surface area (Å²) in [6.45, 7) is 3.51. The van der Waals surface area contributed by atoms with Crippen LogP contribution in [-0.2, 0) is 13.5 Å². The van der Waals surface area contributed by atoms with Crippen molar-refractivity contribution in [2.45, 2.75) is 57.9 Å². The molecule has 0 saturated heterocycles. The standard InChI is InChI=1S/C15H27N5/c1-3-11-4-5-12(10-16-14-6-7-14)13(8-11)9-15-17-19-20(2)18-15/h11-14,16H,3-10H2,1-2H3. The van der Waals surface area contributed by atoms with Crippen LogP contribution in [0.25, 0.3) is 0 Å². The van der Waals surface area contributed by atoms with Crippen LogP contribution >= 0.6 is 0 Å². The van der Waals surface area contributed by atoms with Crippen LogP contribution in [0.4, 0.5) is 0 Å². The Hall–Kier alpha value is -0.970. The molecule has 0 spiro atoms. The second-order valence-electron chi connectivity index (χ2n) is 6.69. The normalized spacial score (nSPS) is 30.6. The van der Waals surface area contributed by atoms with Crippen molar-refractivity contribution in [2.24, 2.45) is 24.8 Å². The van der Waals surface area contributed by atoms with Crippen LogP contribution in [0.15, 0.2) is 0 Å². The molecule has 0 amide bonds. The second kappa shape index (κ2) is 6.20. The van der Waals surface area contributed by atoms with Crippen molar-refractivity contribution in [3.63, 3.8) is 0 Å². The molecule has 1 aromatic heterocycles. The smallest absolute Gasteiger partial charge is 0.175 e. The lowest BCUT2D eigenvalue weighted by atomic mass is 9.71. The fourth-order valence-corrected chi connectivity index (χ4v) is 3.56. The first-order valence-electron chi connectivity index (χ1n) is 8.20. The molecule has 112 valence electrons. The minimum absolute atomic E-state index is 0.726. The van der Waals surface area contributed by atoms with Crippen LogP contribution in [0.3, 0.4) is 0 Å². The van der Waals surface area contributed by atoms with Gasteiger partial charge in [0.25, 0.3) is 0 Å². The first-order chi connectivity index (χ1) is 9.74. The van der Waals surface area contributed by atoms with Gasteiger partial charge in [0, 0.05) is 12.5 Å². The second-order valence-corrected chi connectivity index (χ2v) is 6.69. The van der Waals surface area contributed by atoms with Crippen molar-refractivity contribution in [3.05, 3.63) is 5.82 Å². The van der Waals surface area contributed by atoms with E-state index in [0.29, 0.717) is 0 Å². The maximum atomic E-state index is 4.37. The Morgan fingerprint density at radius 1 is 1.20 bits per heavy atom. The molecule has 2 saturated carbocycles. The summed E-state index contributed by atoms with van der Waals surface area (Å²) in [6, 6.07) is 0.814. The summed E-state index contributed by atoms with van der Waals surface area (Å²) < 4.78 is 0. The molecule has 1 aromatic rings. The molecule has 0 aliphatic heterocycles. The maximum Gasteiger partial charge on any atom is 0.175 e. The van der Waals surface area contributed by atoms with E-state index in [-0.39, 0.29) is 0 Å². The van der Waals surface area contributed by atoms with Gasteiger partial charge in [0.2, 0.25) is 0 Å². The molecule has 1 heterocycles. The lowest BCUT2D eigenvalue weighted by molar-refractivity contribution is 0.169. The van der Waals surface area contributed by atoms with E-state index in [4.69, 9.17) is 0 Å². The first kappa shape index (κ1) is 14.0. The number of hydrogen-bond acceptors (Lipinski definition) is 4. The number of rotatable bonds is 6. The highest BCUT2D eigenvalue weighted by Gasteiger charge is 2.32. The van der Waals surface area contributed by atoms with Crippen LogP contribution in [-0.4, -0.2) is 32.8 Å². The predicted octanol–water partition coefficient (Wildman–Crippen LogP) is 1.95. The van der Waals surface area contributed by atoms with Crippen LogP contribution in [0.2, 0.25) is 0 Å². The van der Waals surface area contributed by atoms with E-state index in [0.717, 1.165) is 36.0 Å². The van der Waals surface area contributed by atoms with Gasteiger partial charge < -0.3 is 5.32 Å². The zero-order valence-electron chi connectivity index (χ0n) is 12.8. The maximum absolute atomic E-state index is 4.37. The Kier molecular flexibility index (Phi) is 4.34. The summed E-state index contributed by atoms with van der Waals surface area (Å²) >= 11 is 0. The minimum atomic E-state index is 0.726. The Labute approximate surface area is 121 Å². The van der Waals surface area contributed by atoms with Gasteiger partial charge in [-0.3, -0.25) is 0 Å². The third kappa shape index (κ3) is 3.57. The average Bonchev–Trinajstić information content (AvgIpc) is 3.20. The zero-order chi connectivity index (χ0) is 13.9. The third-order valence-electron chi connectivity index (χ3n) is 5.07. The van der Waals surface area contributed by atoms with E-state index < -0.39 is 0 Å². The van der Waals surface area contributed by atoms with Crippen LogP contribution in [0.5, 0.6) is 0 Å². The average molecular weight is 277 g/mol. The van der Waals surface area contributed by atoms with Gasteiger partial charge in [0.1, 0.15) is 0 Å². The van der Waals surface area contributed by atoms with Crippen LogP contribution < -0.4 is 5.32 Å². The fourth-order valence-electron chi connectivity index (χ4n) is 3.56. The molecule has 5 heteroatoms. The monoisotopic (exact) mass is 277 g/mol. The van der Waals surface area contributed by atoms with Gasteiger partial charge in [-0.2, -0.15) is 4.80 Å². The molecular weight excluding hydrogens is 250 g/mol. The molecule has 0 bridgehead atoms. The van der Waals surface area contributed by atoms with E-state index in [9.17, 15) is 0 Å². The molecule has 0 radical (unpaired) electrons. The molecule has 3 unspecified atom stereocenters. The Morgan fingerprint density at radius 3 is 2.70 bits per heavy atom. The van der Waals surface area contributed by atoms with Gasteiger partial charge in [-0.1, -0.05) is 19.8 Å². The van der Waals surface area contributed by atoms with Crippen molar-refractivity contribution in [1.29, 1.82) is 0 Å². The Bertz CT molecular complexity index is 426. The molecule has 20 heavy (non-hydrogen) atoms. The zero-order valence-corrected chi connectivity index (χ0v) is 12.8. The molecule has 2 aliphatic rings. The van der Waals surface area contributed by atoms with E-state index in [1.165, 1.54) is 45.1 Å². The first-order valence-corrected chi connectivity index (χ1v) is 8.20. The topological polar surface area (TPSA) is 55.6 Å². The summed E-state index contributed by atoms with van der Waals surface area (Å²) in [5.74, 6) is 3.34. The van der Waals surface area contributed by atoms with E-state index in [1.807, 2.05) is 7.05 Å². The van der Waals surface area contributed by atoms with Crippen LogP contribution in [0, 0.1) is 17.8 Å². The summed E-state index contributed by atoms with van der Waals surface area (Å²) in [7, 11) is 1.85. The van der Waals surface area contributed by atoms with E-state index in [1.54, 1.807) is 4.80 Å².